The van der Waals surface area contributed by atoms with Gasteiger partial charge in [-0.05, 0) is 23.8 Å². The molecule has 19 heavy (non-hydrogen) atoms. The average Bonchev–Trinajstić information content (AvgIpc) is 2.38. The van der Waals surface area contributed by atoms with Crippen LogP contribution in [0.2, 0.25) is 0 Å². The third kappa shape index (κ3) is 2.94. The van der Waals surface area contributed by atoms with Crippen molar-refractivity contribution in [1.82, 2.24) is 4.98 Å². The molecule has 0 bridgehead atoms. The maximum Gasteiger partial charge on any atom is 0.490 e. The fourth-order valence-corrected chi connectivity index (χ4v) is 1.68. The number of benzene rings is 1. The predicted octanol–water partition coefficient (Wildman–Crippen LogP) is 1.45. The summed E-state index contributed by atoms with van der Waals surface area (Å²) < 4.78 is 37.3. The smallest absolute Gasteiger partial charge is 0.423 e. The molecule has 0 fully saturated rings. The van der Waals surface area contributed by atoms with E-state index < -0.39 is 18.9 Å². The van der Waals surface area contributed by atoms with Crippen LogP contribution >= 0.6 is 0 Å². The van der Waals surface area contributed by atoms with E-state index in [4.69, 9.17) is 0 Å². The normalized spacial score (nSPS) is 11.4. The van der Waals surface area contributed by atoms with E-state index in [1.807, 2.05) is 0 Å². The molecule has 3 nitrogen and oxygen atoms in total. The zero-order valence-electron chi connectivity index (χ0n) is 9.59. The molecule has 0 atom stereocenters. The molecule has 1 aromatic heterocycles. The lowest BCUT2D eigenvalue weighted by atomic mass is 9.77. The van der Waals surface area contributed by atoms with Gasteiger partial charge in [0.15, 0.2) is 0 Å². The van der Waals surface area contributed by atoms with Gasteiger partial charge in [0, 0.05) is 11.7 Å². The van der Waals surface area contributed by atoms with Crippen molar-refractivity contribution in [3.8, 4) is 11.3 Å². The summed E-state index contributed by atoms with van der Waals surface area (Å²) >= 11 is 0. The van der Waals surface area contributed by atoms with Gasteiger partial charge in [0.2, 0.25) is 0 Å². The molecule has 2 N–H and O–H groups in total. The number of nitrogens with zero attached hydrogens (tertiary/aromatic N) is 1. The van der Waals surface area contributed by atoms with Crippen molar-refractivity contribution in [1.29, 1.82) is 0 Å². The van der Waals surface area contributed by atoms with Crippen LogP contribution in [0.4, 0.5) is 13.2 Å². The van der Waals surface area contributed by atoms with Crippen molar-refractivity contribution in [3.05, 3.63) is 48.2 Å². The second-order valence-corrected chi connectivity index (χ2v) is 3.89. The van der Waals surface area contributed by atoms with Gasteiger partial charge in [-0.1, -0.05) is 18.2 Å². The van der Waals surface area contributed by atoms with Crippen LogP contribution in [-0.4, -0.2) is 22.2 Å². The van der Waals surface area contributed by atoms with Crippen LogP contribution in [0.15, 0.2) is 42.6 Å². The van der Waals surface area contributed by atoms with Crippen molar-refractivity contribution >= 4 is 12.6 Å². The van der Waals surface area contributed by atoms with Crippen molar-refractivity contribution in [2.45, 2.75) is 6.18 Å². The number of aromatic nitrogens is 1. The fraction of sp³-hybridized carbons (Fsp3) is 0.0833. The summed E-state index contributed by atoms with van der Waals surface area (Å²) in [5.41, 5.74) is 0.00320. The largest absolute Gasteiger partial charge is 0.490 e. The molecule has 7 heteroatoms. The van der Waals surface area contributed by atoms with Gasteiger partial charge in [-0.25, -0.2) is 0 Å². The van der Waals surface area contributed by atoms with E-state index in [-0.39, 0.29) is 11.2 Å². The van der Waals surface area contributed by atoms with Crippen LogP contribution in [0.1, 0.15) is 5.56 Å². The molecule has 0 aliphatic carbocycles. The van der Waals surface area contributed by atoms with Gasteiger partial charge in [-0.15, -0.1) is 0 Å². The Balaban J connectivity index is 2.43. The Kier molecular flexibility index (Phi) is 3.59. The minimum absolute atomic E-state index is 0.141. The van der Waals surface area contributed by atoms with E-state index >= 15 is 0 Å². The van der Waals surface area contributed by atoms with Crippen LogP contribution in [0.3, 0.4) is 0 Å². The molecule has 0 unspecified atom stereocenters. The lowest BCUT2D eigenvalue weighted by Gasteiger charge is -2.10. The number of hydrogen-bond donors (Lipinski definition) is 2. The maximum atomic E-state index is 12.4. The highest BCUT2D eigenvalue weighted by Gasteiger charge is 2.30. The monoisotopic (exact) mass is 267 g/mol. The van der Waals surface area contributed by atoms with Crippen molar-refractivity contribution in [2.24, 2.45) is 0 Å². The van der Waals surface area contributed by atoms with Gasteiger partial charge in [-0.3, -0.25) is 4.98 Å². The highest BCUT2D eigenvalue weighted by atomic mass is 19.4. The number of rotatable bonds is 2. The van der Waals surface area contributed by atoms with Gasteiger partial charge < -0.3 is 10.0 Å². The second-order valence-electron chi connectivity index (χ2n) is 3.89. The van der Waals surface area contributed by atoms with E-state index in [0.717, 1.165) is 12.1 Å². The maximum absolute atomic E-state index is 12.4. The van der Waals surface area contributed by atoms with Crippen molar-refractivity contribution < 1.29 is 23.2 Å². The van der Waals surface area contributed by atoms with Gasteiger partial charge >= 0.3 is 13.3 Å². The molecule has 0 saturated heterocycles. The summed E-state index contributed by atoms with van der Waals surface area (Å²) in [5, 5.41) is 18.4. The van der Waals surface area contributed by atoms with Gasteiger partial charge in [0.05, 0.1) is 11.3 Å². The summed E-state index contributed by atoms with van der Waals surface area (Å²) in [6, 6.07) is 7.32. The molecular formula is C12H9BF3NO2. The number of hydrogen-bond acceptors (Lipinski definition) is 3. The SMILES string of the molecule is OB(O)c1cccnc1-c1ccc(C(F)(F)F)cc1. The summed E-state index contributed by atoms with van der Waals surface area (Å²) in [6.45, 7) is 0. The molecule has 0 radical (unpaired) electrons. The molecule has 0 aliphatic rings. The van der Waals surface area contributed by atoms with E-state index in [0.29, 0.717) is 5.56 Å². The average molecular weight is 267 g/mol. The minimum atomic E-state index is -4.40. The van der Waals surface area contributed by atoms with Crippen LogP contribution in [0.25, 0.3) is 11.3 Å². The number of pyridine rings is 1. The van der Waals surface area contributed by atoms with Crippen LogP contribution < -0.4 is 5.46 Å². The second kappa shape index (κ2) is 5.03. The Bertz CT molecular complexity index is 570. The van der Waals surface area contributed by atoms with Gasteiger partial charge in [0.1, 0.15) is 0 Å². The summed E-state index contributed by atoms with van der Waals surface area (Å²) in [5.74, 6) is 0. The lowest BCUT2D eigenvalue weighted by Crippen LogP contribution is -2.32. The van der Waals surface area contributed by atoms with Crippen LogP contribution in [-0.2, 0) is 6.18 Å². The predicted molar refractivity (Wildman–Crippen MR) is 64.5 cm³/mol. The van der Waals surface area contributed by atoms with Crippen LogP contribution in [0, 0.1) is 0 Å². The Morgan fingerprint density at radius 2 is 1.63 bits per heavy atom. The van der Waals surface area contributed by atoms with Crippen molar-refractivity contribution in [2.75, 3.05) is 0 Å². The molecule has 1 aromatic carbocycles. The molecule has 98 valence electrons. The Hall–Kier alpha value is -1.86. The molecule has 2 aromatic rings. The highest BCUT2D eigenvalue weighted by molar-refractivity contribution is 6.60. The topological polar surface area (TPSA) is 53.4 Å². The molecule has 0 amide bonds. The molecule has 0 spiro atoms. The quantitative estimate of drug-likeness (QED) is 0.809. The van der Waals surface area contributed by atoms with E-state index in [9.17, 15) is 23.2 Å². The fourth-order valence-electron chi connectivity index (χ4n) is 1.68. The number of alkyl halides is 3. The zero-order valence-corrected chi connectivity index (χ0v) is 9.59. The Labute approximate surface area is 107 Å². The van der Waals surface area contributed by atoms with E-state index in [2.05, 4.69) is 4.98 Å². The molecule has 1 heterocycles. The summed E-state index contributed by atoms with van der Waals surface area (Å²) in [6.07, 6.45) is -2.97. The Morgan fingerprint density at radius 1 is 1.00 bits per heavy atom. The lowest BCUT2D eigenvalue weighted by molar-refractivity contribution is -0.137. The summed E-state index contributed by atoms with van der Waals surface area (Å²) in [4.78, 5) is 3.96. The standard InChI is InChI=1S/C12H9BF3NO2/c14-12(15,16)9-5-3-8(4-6-9)11-10(13(18)19)2-1-7-17-11/h1-7,18-19H. The summed E-state index contributed by atoms with van der Waals surface area (Å²) in [7, 11) is -1.73. The molecular weight excluding hydrogens is 258 g/mol. The van der Waals surface area contributed by atoms with E-state index in [1.54, 1.807) is 0 Å². The molecule has 2 rings (SSSR count). The Morgan fingerprint density at radius 3 is 2.16 bits per heavy atom. The van der Waals surface area contributed by atoms with Crippen LogP contribution in [0.5, 0.6) is 0 Å². The highest BCUT2D eigenvalue weighted by Crippen LogP contribution is 2.30. The zero-order chi connectivity index (χ0) is 14.0. The first-order valence-electron chi connectivity index (χ1n) is 5.38. The van der Waals surface area contributed by atoms with E-state index in [1.165, 1.54) is 30.5 Å². The minimum Gasteiger partial charge on any atom is -0.423 e. The van der Waals surface area contributed by atoms with Gasteiger partial charge in [-0.2, -0.15) is 13.2 Å². The first-order valence-corrected chi connectivity index (χ1v) is 5.38. The first kappa shape index (κ1) is 13.6. The first-order chi connectivity index (χ1) is 8.89. The molecule has 0 saturated carbocycles. The number of halogens is 3. The van der Waals surface area contributed by atoms with Gasteiger partial charge in [0.25, 0.3) is 0 Å². The van der Waals surface area contributed by atoms with Crippen molar-refractivity contribution in [3.63, 3.8) is 0 Å². The third-order valence-corrected chi connectivity index (χ3v) is 2.60. The third-order valence-electron chi connectivity index (χ3n) is 2.60. The molecule has 0 aliphatic heterocycles.